The Labute approximate surface area is 138 Å². The largest absolute Gasteiger partial charge is 0.472 e. The highest BCUT2D eigenvalue weighted by Crippen LogP contribution is 2.29. The summed E-state index contributed by atoms with van der Waals surface area (Å²) in [5.41, 5.74) is 0.996. The molecule has 0 amide bonds. The maximum Gasteiger partial charge on any atom is 0.252 e. The van der Waals surface area contributed by atoms with Crippen molar-refractivity contribution in [3.8, 4) is 5.88 Å². The number of fused-ring (bicyclic) bond motifs is 1. The molecular formula is C17H15ClN4O. The molecule has 0 saturated heterocycles. The summed E-state index contributed by atoms with van der Waals surface area (Å²) in [7, 11) is 0. The van der Waals surface area contributed by atoms with Crippen molar-refractivity contribution >= 4 is 28.3 Å². The Kier molecular flexibility index (Phi) is 3.71. The van der Waals surface area contributed by atoms with E-state index in [-0.39, 0.29) is 6.10 Å². The van der Waals surface area contributed by atoms with Gasteiger partial charge in [-0.25, -0.2) is 15.0 Å². The van der Waals surface area contributed by atoms with Crippen LogP contribution in [0.1, 0.15) is 12.8 Å². The second-order valence-electron chi connectivity index (χ2n) is 5.59. The van der Waals surface area contributed by atoms with Crippen LogP contribution in [0.15, 0.2) is 48.8 Å². The lowest BCUT2D eigenvalue weighted by Gasteiger charge is -2.35. The second kappa shape index (κ2) is 6.01. The van der Waals surface area contributed by atoms with Gasteiger partial charge in [-0.05, 0) is 18.2 Å². The molecule has 1 fully saturated rings. The molecule has 0 spiro atoms. The number of ether oxygens (including phenoxy) is 1. The van der Waals surface area contributed by atoms with Crippen molar-refractivity contribution in [2.75, 3.05) is 5.32 Å². The molecule has 2 heterocycles. The minimum Gasteiger partial charge on any atom is -0.472 e. The number of hydrogen-bond donors (Lipinski definition) is 1. The van der Waals surface area contributed by atoms with Crippen molar-refractivity contribution in [2.24, 2.45) is 0 Å². The molecule has 116 valence electrons. The first kappa shape index (κ1) is 14.2. The van der Waals surface area contributed by atoms with Gasteiger partial charge in [0, 0.05) is 36.7 Å². The average Bonchev–Trinajstić information content (AvgIpc) is 2.54. The molecule has 0 radical (unpaired) electrons. The van der Waals surface area contributed by atoms with Crippen LogP contribution >= 0.6 is 11.6 Å². The van der Waals surface area contributed by atoms with E-state index in [4.69, 9.17) is 16.3 Å². The fourth-order valence-corrected chi connectivity index (χ4v) is 2.83. The lowest BCUT2D eigenvalue weighted by molar-refractivity contribution is 0.102. The minimum atomic E-state index is 0.113. The molecule has 5 nitrogen and oxygen atoms in total. The Morgan fingerprint density at radius 2 is 1.87 bits per heavy atom. The maximum absolute atomic E-state index is 5.95. The van der Waals surface area contributed by atoms with E-state index in [0.717, 1.165) is 29.6 Å². The lowest BCUT2D eigenvalue weighted by atomic mass is 9.89. The molecule has 23 heavy (non-hydrogen) atoms. The van der Waals surface area contributed by atoms with Crippen LogP contribution in [-0.4, -0.2) is 27.1 Å². The van der Waals surface area contributed by atoms with Crippen LogP contribution < -0.4 is 10.1 Å². The Morgan fingerprint density at radius 1 is 1.04 bits per heavy atom. The van der Waals surface area contributed by atoms with Crippen LogP contribution in [0.25, 0.3) is 10.9 Å². The molecule has 0 atom stereocenters. The molecule has 6 heteroatoms. The molecule has 1 saturated carbocycles. The average molecular weight is 327 g/mol. The number of aromatic nitrogens is 3. The van der Waals surface area contributed by atoms with Crippen LogP contribution in [0.2, 0.25) is 5.15 Å². The van der Waals surface area contributed by atoms with Crippen LogP contribution in [0.5, 0.6) is 5.88 Å². The number of anilines is 1. The Morgan fingerprint density at radius 3 is 2.74 bits per heavy atom. The molecule has 1 N–H and O–H groups in total. The Balaban J connectivity index is 1.36. The highest BCUT2D eigenvalue weighted by molar-refractivity contribution is 6.30. The van der Waals surface area contributed by atoms with E-state index in [1.165, 1.54) is 0 Å². The van der Waals surface area contributed by atoms with Gasteiger partial charge in [0.05, 0.1) is 5.52 Å². The predicted molar refractivity (Wildman–Crippen MR) is 89.8 cm³/mol. The first-order valence-electron chi connectivity index (χ1n) is 7.53. The van der Waals surface area contributed by atoms with E-state index in [9.17, 15) is 0 Å². The van der Waals surface area contributed by atoms with Gasteiger partial charge in [-0.1, -0.05) is 29.8 Å². The Hall–Kier alpha value is -2.40. The van der Waals surface area contributed by atoms with Gasteiger partial charge in [0.1, 0.15) is 11.9 Å². The van der Waals surface area contributed by atoms with Crippen molar-refractivity contribution in [1.82, 2.24) is 15.0 Å². The third kappa shape index (κ3) is 3.05. The highest BCUT2D eigenvalue weighted by Gasteiger charge is 2.32. The summed E-state index contributed by atoms with van der Waals surface area (Å²) in [6.45, 7) is 0. The summed E-state index contributed by atoms with van der Waals surface area (Å²) >= 11 is 5.95. The van der Waals surface area contributed by atoms with Crippen molar-refractivity contribution < 1.29 is 4.74 Å². The molecule has 0 aliphatic heterocycles. The number of nitrogens with zero attached hydrogens (tertiary/aromatic N) is 3. The zero-order chi connectivity index (χ0) is 15.6. The van der Waals surface area contributed by atoms with Gasteiger partial charge in [-0.3, -0.25) is 0 Å². The van der Waals surface area contributed by atoms with E-state index >= 15 is 0 Å². The number of pyridine rings is 1. The lowest BCUT2D eigenvalue weighted by Crippen LogP contribution is -2.42. The van der Waals surface area contributed by atoms with E-state index in [2.05, 4.69) is 32.4 Å². The first-order valence-corrected chi connectivity index (χ1v) is 7.91. The predicted octanol–water partition coefficient (Wildman–Crippen LogP) is 3.70. The van der Waals surface area contributed by atoms with Gasteiger partial charge in [0.15, 0.2) is 5.15 Å². The van der Waals surface area contributed by atoms with Gasteiger partial charge in [-0.2, -0.15) is 0 Å². The number of nitrogens with one attached hydrogen (secondary N) is 1. The molecule has 3 aromatic rings. The topological polar surface area (TPSA) is 59.9 Å². The normalized spacial score (nSPS) is 20.0. The fourth-order valence-electron chi connectivity index (χ4n) is 2.68. The van der Waals surface area contributed by atoms with E-state index < -0.39 is 0 Å². The zero-order valence-corrected chi connectivity index (χ0v) is 13.1. The summed E-state index contributed by atoms with van der Waals surface area (Å²) in [6, 6.07) is 12.5. The smallest absolute Gasteiger partial charge is 0.252 e. The van der Waals surface area contributed by atoms with Gasteiger partial charge < -0.3 is 10.1 Å². The zero-order valence-electron chi connectivity index (χ0n) is 12.3. The highest BCUT2D eigenvalue weighted by atomic mass is 35.5. The van der Waals surface area contributed by atoms with E-state index in [0.29, 0.717) is 17.1 Å². The van der Waals surface area contributed by atoms with Crippen LogP contribution in [0.3, 0.4) is 0 Å². The summed E-state index contributed by atoms with van der Waals surface area (Å²) in [4.78, 5) is 12.7. The summed E-state index contributed by atoms with van der Waals surface area (Å²) < 4.78 is 5.75. The maximum atomic E-state index is 5.95. The molecule has 1 aromatic carbocycles. The van der Waals surface area contributed by atoms with Crippen molar-refractivity contribution in [3.05, 3.63) is 53.9 Å². The molecule has 0 bridgehead atoms. The monoisotopic (exact) mass is 326 g/mol. The summed E-state index contributed by atoms with van der Waals surface area (Å²) in [5, 5.41) is 4.89. The van der Waals surface area contributed by atoms with Crippen molar-refractivity contribution in [3.63, 3.8) is 0 Å². The fraction of sp³-hybridized carbons (Fsp3) is 0.235. The number of benzene rings is 1. The third-order valence-corrected chi connectivity index (χ3v) is 4.21. The SMILES string of the molecule is Clc1nccnc1O[C@H]1C[C@@H](Nc2ccc3ccccc3n2)C1. The molecular weight excluding hydrogens is 312 g/mol. The summed E-state index contributed by atoms with van der Waals surface area (Å²) in [6.07, 6.45) is 5.02. The molecule has 1 aliphatic rings. The van der Waals surface area contributed by atoms with Crippen LogP contribution in [0, 0.1) is 0 Å². The van der Waals surface area contributed by atoms with Crippen molar-refractivity contribution in [1.29, 1.82) is 0 Å². The molecule has 2 aromatic heterocycles. The third-order valence-electron chi connectivity index (χ3n) is 3.95. The number of hydrogen-bond acceptors (Lipinski definition) is 5. The van der Waals surface area contributed by atoms with Gasteiger partial charge in [0.25, 0.3) is 5.88 Å². The second-order valence-corrected chi connectivity index (χ2v) is 5.95. The number of rotatable bonds is 4. The molecule has 1 aliphatic carbocycles. The standard InChI is InChI=1S/C17H15ClN4O/c18-16-17(20-8-7-19-16)23-13-9-12(10-13)21-15-6-5-11-3-1-2-4-14(11)22-15/h1-8,12-13H,9-10H2,(H,21,22)/t12-,13+. The molecule has 4 rings (SSSR count). The van der Waals surface area contributed by atoms with Gasteiger partial charge >= 0.3 is 0 Å². The quantitative estimate of drug-likeness (QED) is 0.792. The minimum absolute atomic E-state index is 0.113. The van der Waals surface area contributed by atoms with Crippen molar-refractivity contribution in [2.45, 2.75) is 25.0 Å². The first-order chi connectivity index (χ1) is 11.3. The van der Waals surface area contributed by atoms with Crippen LogP contribution in [-0.2, 0) is 0 Å². The van der Waals surface area contributed by atoms with E-state index in [1.54, 1.807) is 12.4 Å². The number of para-hydroxylation sites is 1. The van der Waals surface area contributed by atoms with Gasteiger partial charge in [0.2, 0.25) is 0 Å². The number of halogens is 1. The van der Waals surface area contributed by atoms with E-state index in [1.807, 2.05) is 24.3 Å². The van der Waals surface area contributed by atoms with Gasteiger partial charge in [-0.15, -0.1) is 0 Å². The summed E-state index contributed by atoms with van der Waals surface area (Å²) in [5.74, 6) is 1.30. The van der Waals surface area contributed by atoms with Crippen LogP contribution in [0.4, 0.5) is 5.82 Å². The molecule has 0 unspecified atom stereocenters. The Bertz CT molecular complexity index is 835.